The Morgan fingerprint density at radius 2 is 1.92 bits per heavy atom. The second-order valence-electron chi connectivity index (χ2n) is 5.74. The van der Waals surface area contributed by atoms with Gasteiger partial charge in [-0.2, -0.15) is 0 Å². The van der Waals surface area contributed by atoms with Crippen LogP contribution in [0.25, 0.3) is 10.9 Å². The van der Waals surface area contributed by atoms with Crippen LogP contribution in [-0.4, -0.2) is 23.3 Å². The first-order valence-electron chi connectivity index (χ1n) is 8.11. The molecule has 0 saturated carbocycles. The number of hydrogen-bond acceptors (Lipinski definition) is 3. The van der Waals surface area contributed by atoms with Gasteiger partial charge in [0.15, 0.2) is 0 Å². The molecule has 0 fully saturated rings. The molecular formula is C20H18BrNO3. The summed E-state index contributed by atoms with van der Waals surface area (Å²) in [5.41, 5.74) is 2.96. The highest BCUT2D eigenvalue weighted by Gasteiger charge is 2.25. The van der Waals surface area contributed by atoms with Gasteiger partial charge >= 0.3 is 5.97 Å². The Labute approximate surface area is 154 Å². The third-order valence-corrected chi connectivity index (χ3v) is 4.64. The van der Waals surface area contributed by atoms with E-state index in [1.165, 1.54) is 0 Å². The Morgan fingerprint density at radius 3 is 2.64 bits per heavy atom. The van der Waals surface area contributed by atoms with Crippen LogP contribution in [0.5, 0.6) is 0 Å². The average molecular weight is 400 g/mol. The van der Waals surface area contributed by atoms with Crippen LogP contribution in [0.4, 0.5) is 0 Å². The van der Waals surface area contributed by atoms with Crippen molar-refractivity contribution >= 4 is 38.6 Å². The van der Waals surface area contributed by atoms with Crippen molar-refractivity contribution in [2.24, 2.45) is 0 Å². The van der Waals surface area contributed by atoms with Crippen LogP contribution in [0.3, 0.4) is 0 Å². The highest BCUT2D eigenvalue weighted by Crippen LogP contribution is 2.34. The minimum atomic E-state index is -0.774. The second-order valence-corrected chi connectivity index (χ2v) is 6.66. The highest BCUT2D eigenvalue weighted by atomic mass is 79.9. The van der Waals surface area contributed by atoms with Crippen molar-refractivity contribution in [2.45, 2.75) is 19.3 Å². The monoisotopic (exact) mass is 399 g/mol. The van der Waals surface area contributed by atoms with Crippen LogP contribution in [0.1, 0.15) is 30.4 Å². The number of Topliss-reactive ketones (excluding diaryl/α,β-unsaturated/α-hetero) is 1. The number of aromatic amines is 1. The van der Waals surface area contributed by atoms with Crippen LogP contribution in [0.15, 0.2) is 59.2 Å². The number of ether oxygens (including phenoxy) is 1. The molecule has 1 heterocycles. The van der Waals surface area contributed by atoms with E-state index >= 15 is 0 Å². The smallest absolute Gasteiger partial charge is 0.374 e. The van der Waals surface area contributed by atoms with Crippen LogP contribution >= 0.6 is 15.9 Å². The Kier molecular flexibility index (Phi) is 5.34. The minimum Gasteiger partial charge on any atom is -0.460 e. The summed E-state index contributed by atoms with van der Waals surface area (Å²) in [6, 6.07) is 15.7. The number of fused-ring (bicyclic) bond motifs is 1. The van der Waals surface area contributed by atoms with Gasteiger partial charge in [0, 0.05) is 33.9 Å². The van der Waals surface area contributed by atoms with Gasteiger partial charge in [0.05, 0.1) is 6.61 Å². The van der Waals surface area contributed by atoms with Gasteiger partial charge in [0.25, 0.3) is 0 Å². The summed E-state index contributed by atoms with van der Waals surface area (Å²) in [7, 11) is 0. The summed E-state index contributed by atoms with van der Waals surface area (Å²) >= 11 is 3.50. The van der Waals surface area contributed by atoms with Crippen LogP contribution in [0.2, 0.25) is 0 Å². The molecule has 3 rings (SSSR count). The molecular weight excluding hydrogens is 382 g/mol. The maximum atomic E-state index is 12.3. The molecule has 1 aromatic heterocycles. The van der Waals surface area contributed by atoms with E-state index in [1.807, 2.05) is 54.7 Å². The molecule has 0 saturated heterocycles. The number of ketones is 1. The SMILES string of the molecule is CCOC(=O)C(=O)CC(c1ccccc1)c1c[nH]c2ccc(Br)cc12. The molecule has 0 aliphatic heterocycles. The third-order valence-electron chi connectivity index (χ3n) is 4.15. The molecule has 1 unspecified atom stereocenters. The summed E-state index contributed by atoms with van der Waals surface area (Å²) in [6.07, 6.45) is 1.98. The Hall–Kier alpha value is -2.40. The lowest BCUT2D eigenvalue weighted by Crippen LogP contribution is -2.20. The molecule has 0 aliphatic rings. The molecule has 0 bridgehead atoms. The molecule has 0 radical (unpaired) electrons. The number of rotatable bonds is 6. The maximum Gasteiger partial charge on any atom is 0.374 e. The predicted molar refractivity (Wildman–Crippen MR) is 101 cm³/mol. The molecule has 4 nitrogen and oxygen atoms in total. The largest absolute Gasteiger partial charge is 0.460 e. The van der Waals surface area contributed by atoms with E-state index < -0.39 is 11.8 Å². The van der Waals surface area contributed by atoms with Crippen molar-refractivity contribution < 1.29 is 14.3 Å². The van der Waals surface area contributed by atoms with Crippen molar-refractivity contribution in [3.8, 4) is 0 Å². The fourth-order valence-electron chi connectivity index (χ4n) is 2.98. The van der Waals surface area contributed by atoms with Crippen molar-refractivity contribution in [2.75, 3.05) is 6.61 Å². The van der Waals surface area contributed by atoms with Crippen molar-refractivity contribution in [1.29, 1.82) is 0 Å². The molecule has 0 spiro atoms. The fraction of sp³-hybridized carbons (Fsp3) is 0.200. The Morgan fingerprint density at radius 1 is 1.16 bits per heavy atom. The molecule has 128 valence electrons. The number of benzene rings is 2. The first kappa shape index (κ1) is 17.4. The molecule has 1 atom stereocenters. The quantitative estimate of drug-likeness (QED) is 0.487. The molecule has 0 amide bonds. The summed E-state index contributed by atoms with van der Waals surface area (Å²) in [6.45, 7) is 1.89. The van der Waals surface area contributed by atoms with E-state index in [4.69, 9.17) is 4.74 Å². The Balaban J connectivity index is 2.03. The zero-order valence-corrected chi connectivity index (χ0v) is 15.4. The topological polar surface area (TPSA) is 59.2 Å². The van der Waals surface area contributed by atoms with Crippen molar-refractivity contribution in [3.05, 3.63) is 70.3 Å². The van der Waals surface area contributed by atoms with Gasteiger partial charge in [-0.1, -0.05) is 46.3 Å². The molecule has 2 aromatic carbocycles. The zero-order valence-electron chi connectivity index (χ0n) is 13.8. The van der Waals surface area contributed by atoms with Gasteiger partial charge in [-0.15, -0.1) is 0 Å². The first-order valence-corrected chi connectivity index (χ1v) is 8.91. The normalized spacial score (nSPS) is 12.1. The minimum absolute atomic E-state index is 0.0717. The standard InChI is InChI=1S/C20H18BrNO3/c1-2-25-20(24)19(23)11-15(13-6-4-3-5-7-13)17-12-22-18-9-8-14(21)10-16(17)18/h3-10,12,15,22H,2,11H2,1H3. The number of esters is 1. The van der Waals surface area contributed by atoms with Crippen molar-refractivity contribution in [3.63, 3.8) is 0 Å². The average Bonchev–Trinajstić information content (AvgIpc) is 3.03. The Bertz CT molecular complexity index is 902. The van der Waals surface area contributed by atoms with E-state index in [1.54, 1.807) is 6.92 Å². The van der Waals surface area contributed by atoms with Gasteiger partial charge < -0.3 is 9.72 Å². The van der Waals surface area contributed by atoms with Gasteiger partial charge in [-0.3, -0.25) is 4.79 Å². The maximum absolute atomic E-state index is 12.3. The molecule has 3 aromatic rings. The molecule has 25 heavy (non-hydrogen) atoms. The summed E-state index contributed by atoms with van der Waals surface area (Å²) < 4.78 is 5.82. The van der Waals surface area contributed by atoms with Gasteiger partial charge in [-0.25, -0.2) is 4.79 Å². The molecule has 5 heteroatoms. The van der Waals surface area contributed by atoms with Crippen LogP contribution in [-0.2, 0) is 14.3 Å². The van der Waals surface area contributed by atoms with E-state index in [2.05, 4.69) is 20.9 Å². The summed E-state index contributed by atoms with van der Waals surface area (Å²) in [5.74, 6) is -1.51. The number of hydrogen-bond donors (Lipinski definition) is 1. The van der Waals surface area contributed by atoms with E-state index in [9.17, 15) is 9.59 Å². The van der Waals surface area contributed by atoms with Gasteiger partial charge in [0.2, 0.25) is 5.78 Å². The zero-order chi connectivity index (χ0) is 17.8. The first-order chi connectivity index (χ1) is 12.1. The number of H-pyrrole nitrogens is 1. The van der Waals surface area contributed by atoms with Gasteiger partial charge in [0.1, 0.15) is 0 Å². The van der Waals surface area contributed by atoms with E-state index in [0.717, 1.165) is 26.5 Å². The number of aromatic nitrogens is 1. The van der Waals surface area contributed by atoms with Crippen LogP contribution in [0, 0.1) is 0 Å². The lowest BCUT2D eigenvalue weighted by atomic mass is 9.87. The number of halogens is 1. The number of carbonyl (C=O) groups is 2. The number of carbonyl (C=O) groups excluding carboxylic acids is 2. The highest BCUT2D eigenvalue weighted by molar-refractivity contribution is 9.10. The van der Waals surface area contributed by atoms with Crippen molar-refractivity contribution in [1.82, 2.24) is 4.98 Å². The van der Waals surface area contributed by atoms with E-state index in [0.29, 0.717) is 0 Å². The van der Waals surface area contributed by atoms with E-state index in [-0.39, 0.29) is 18.9 Å². The second kappa shape index (κ2) is 7.66. The fourth-order valence-corrected chi connectivity index (χ4v) is 3.34. The summed E-state index contributed by atoms with van der Waals surface area (Å²) in [5, 5.41) is 1.03. The third kappa shape index (κ3) is 3.82. The lowest BCUT2D eigenvalue weighted by Gasteiger charge is -2.16. The lowest BCUT2D eigenvalue weighted by molar-refractivity contribution is -0.153. The van der Waals surface area contributed by atoms with Crippen LogP contribution < -0.4 is 0 Å². The van der Waals surface area contributed by atoms with Gasteiger partial charge in [-0.05, 0) is 36.2 Å². The predicted octanol–water partition coefficient (Wildman–Crippen LogP) is 4.58. The molecule has 0 aliphatic carbocycles. The number of nitrogens with one attached hydrogen (secondary N) is 1. The molecule has 1 N–H and O–H groups in total. The summed E-state index contributed by atoms with van der Waals surface area (Å²) in [4.78, 5) is 27.4.